The fraction of sp³-hybridized carbons (Fsp3) is 0.364. The third-order valence-corrected chi connectivity index (χ3v) is 5.46. The van der Waals surface area contributed by atoms with Gasteiger partial charge in [-0.15, -0.1) is 0 Å². The number of rotatable bonds is 5. The summed E-state index contributed by atoms with van der Waals surface area (Å²) in [7, 11) is 0. The standard InChI is InChI=1S/C22H24N6O2/c1-14(2)28-21-17(12-24-28)16(10-18(26-21)19-6-5-9-30-19)22(29)23-11-15-13-27-8-4-3-7-20(27)25-15/h5-6,9-10,12-14H,3-4,7-8,11H2,1-2H3,(H,23,29). The highest BCUT2D eigenvalue weighted by molar-refractivity contribution is 6.06. The maximum Gasteiger partial charge on any atom is 0.252 e. The monoisotopic (exact) mass is 404 g/mol. The summed E-state index contributed by atoms with van der Waals surface area (Å²) >= 11 is 0. The highest BCUT2D eigenvalue weighted by Gasteiger charge is 2.20. The Morgan fingerprint density at radius 1 is 1.30 bits per heavy atom. The Morgan fingerprint density at radius 2 is 2.20 bits per heavy atom. The van der Waals surface area contributed by atoms with Crippen LogP contribution in [0.3, 0.4) is 0 Å². The van der Waals surface area contributed by atoms with Crippen LogP contribution in [-0.4, -0.2) is 30.2 Å². The molecule has 1 aliphatic heterocycles. The Bertz CT molecular complexity index is 1180. The van der Waals surface area contributed by atoms with E-state index in [1.807, 2.05) is 30.8 Å². The van der Waals surface area contributed by atoms with Gasteiger partial charge in [0.2, 0.25) is 0 Å². The lowest BCUT2D eigenvalue weighted by atomic mass is 10.1. The average molecular weight is 404 g/mol. The quantitative estimate of drug-likeness (QED) is 0.547. The van der Waals surface area contributed by atoms with E-state index in [0.29, 0.717) is 29.2 Å². The van der Waals surface area contributed by atoms with Crippen molar-refractivity contribution in [1.29, 1.82) is 0 Å². The number of carbonyl (C=O) groups excluding carboxylic acids is 1. The highest BCUT2D eigenvalue weighted by Crippen LogP contribution is 2.26. The molecule has 0 fully saturated rings. The fourth-order valence-corrected chi connectivity index (χ4v) is 3.96. The van der Waals surface area contributed by atoms with Crippen LogP contribution in [0.25, 0.3) is 22.5 Å². The number of furan rings is 1. The average Bonchev–Trinajstić information content (AvgIpc) is 3.49. The lowest BCUT2D eigenvalue weighted by Gasteiger charge is -2.11. The molecule has 0 spiro atoms. The van der Waals surface area contributed by atoms with Crippen molar-refractivity contribution in [1.82, 2.24) is 29.6 Å². The van der Waals surface area contributed by atoms with Gasteiger partial charge in [-0.2, -0.15) is 5.10 Å². The Morgan fingerprint density at radius 3 is 2.97 bits per heavy atom. The van der Waals surface area contributed by atoms with Crippen molar-refractivity contribution in [2.45, 2.75) is 52.2 Å². The number of imidazole rings is 1. The Hall–Kier alpha value is -3.42. The topological polar surface area (TPSA) is 90.8 Å². The summed E-state index contributed by atoms with van der Waals surface area (Å²) < 4.78 is 9.53. The van der Waals surface area contributed by atoms with E-state index in [-0.39, 0.29) is 11.9 Å². The molecule has 0 aliphatic carbocycles. The summed E-state index contributed by atoms with van der Waals surface area (Å²) in [4.78, 5) is 22.5. The molecule has 8 heteroatoms. The minimum Gasteiger partial charge on any atom is -0.463 e. The fourth-order valence-electron chi connectivity index (χ4n) is 3.96. The van der Waals surface area contributed by atoms with Crippen LogP contribution in [0.5, 0.6) is 0 Å². The zero-order chi connectivity index (χ0) is 20.7. The van der Waals surface area contributed by atoms with Gasteiger partial charge in [0, 0.05) is 25.2 Å². The molecule has 0 radical (unpaired) electrons. The normalized spacial score (nSPS) is 13.7. The lowest BCUT2D eigenvalue weighted by molar-refractivity contribution is 0.0952. The molecule has 4 aromatic rings. The second-order valence-corrected chi connectivity index (χ2v) is 7.93. The number of aromatic nitrogens is 5. The van der Waals surface area contributed by atoms with Crippen LogP contribution in [0, 0.1) is 0 Å². The van der Waals surface area contributed by atoms with E-state index in [9.17, 15) is 4.79 Å². The minimum absolute atomic E-state index is 0.120. The lowest BCUT2D eigenvalue weighted by Crippen LogP contribution is -2.23. The number of nitrogens with one attached hydrogen (secondary N) is 1. The van der Waals surface area contributed by atoms with Crippen LogP contribution in [0.1, 0.15) is 54.6 Å². The molecule has 5 heterocycles. The first-order valence-corrected chi connectivity index (χ1v) is 10.4. The first-order chi connectivity index (χ1) is 14.6. The molecular weight excluding hydrogens is 380 g/mol. The molecule has 5 rings (SSSR count). The van der Waals surface area contributed by atoms with Crippen molar-refractivity contribution in [3.8, 4) is 11.5 Å². The second-order valence-electron chi connectivity index (χ2n) is 7.93. The molecule has 30 heavy (non-hydrogen) atoms. The van der Waals surface area contributed by atoms with Crippen molar-refractivity contribution in [3.05, 3.63) is 53.9 Å². The molecule has 0 atom stereocenters. The highest BCUT2D eigenvalue weighted by atomic mass is 16.3. The molecule has 0 saturated carbocycles. The molecular formula is C22H24N6O2. The van der Waals surface area contributed by atoms with Gasteiger partial charge in [0.05, 0.1) is 35.6 Å². The number of fused-ring (bicyclic) bond motifs is 2. The van der Waals surface area contributed by atoms with Gasteiger partial charge in [-0.25, -0.2) is 14.6 Å². The van der Waals surface area contributed by atoms with Crippen molar-refractivity contribution < 1.29 is 9.21 Å². The molecule has 8 nitrogen and oxygen atoms in total. The summed E-state index contributed by atoms with van der Waals surface area (Å²) in [6, 6.07) is 5.53. The van der Waals surface area contributed by atoms with Gasteiger partial charge in [-0.1, -0.05) is 0 Å². The molecule has 0 saturated heterocycles. The summed E-state index contributed by atoms with van der Waals surface area (Å²) in [6.07, 6.45) is 8.70. The van der Waals surface area contributed by atoms with Crippen molar-refractivity contribution in [3.63, 3.8) is 0 Å². The molecule has 154 valence electrons. The van der Waals surface area contributed by atoms with Crippen molar-refractivity contribution in [2.75, 3.05) is 0 Å². The second kappa shape index (κ2) is 7.44. The van der Waals surface area contributed by atoms with Crippen LogP contribution in [0.4, 0.5) is 0 Å². The predicted octanol–water partition coefficient (Wildman–Crippen LogP) is 3.74. The number of carbonyl (C=O) groups is 1. The first-order valence-electron chi connectivity index (χ1n) is 10.4. The molecule has 1 aliphatic rings. The number of nitrogens with zero attached hydrogens (tertiary/aromatic N) is 5. The number of hydrogen-bond acceptors (Lipinski definition) is 5. The van der Waals surface area contributed by atoms with Gasteiger partial charge < -0.3 is 14.3 Å². The van der Waals surface area contributed by atoms with Crippen LogP contribution in [-0.2, 0) is 19.5 Å². The molecule has 4 aromatic heterocycles. The smallest absolute Gasteiger partial charge is 0.252 e. The molecule has 0 aromatic carbocycles. The van der Waals surface area contributed by atoms with Gasteiger partial charge in [-0.3, -0.25) is 4.79 Å². The number of amides is 1. The molecule has 0 unspecified atom stereocenters. The van der Waals surface area contributed by atoms with Gasteiger partial charge in [0.1, 0.15) is 11.5 Å². The van der Waals surface area contributed by atoms with Crippen molar-refractivity contribution >= 4 is 16.9 Å². The van der Waals surface area contributed by atoms with E-state index < -0.39 is 0 Å². The van der Waals surface area contributed by atoms with E-state index in [2.05, 4.69) is 20.0 Å². The van der Waals surface area contributed by atoms with Gasteiger partial charge >= 0.3 is 0 Å². The van der Waals surface area contributed by atoms with Crippen LogP contribution >= 0.6 is 0 Å². The predicted molar refractivity (Wildman–Crippen MR) is 112 cm³/mol. The van der Waals surface area contributed by atoms with Crippen LogP contribution in [0.15, 0.2) is 41.3 Å². The van der Waals surface area contributed by atoms with Crippen LogP contribution in [0.2, 0.25) is 0 Å². The zero-order valence-electron chi connectivity index (χ0n) is 17.1. The van der Waals surface area contributed by atoms with Crippen molar-refractivity contribution in [2.24, 2.45) is 0 Å². The maximum atomic E-state index is 13.1. The van der Waals surface area contributed by atoms with E-state index in [4.69, 9.17) is 9.40 Å². The number of aryl methyl sites for hydroxylation is 2. The molecule has 1 N–H and O–H groups in total. The minimum atomic E-state index is -0.176. The summed E-state index contributed by atoms with van der Waals surface area (Å²) in [6.45, 7) is 5.46. The van der Waals surface area contributed by atoms with E-state index in [1.165, 1.54) is 12.8 Å². The number of pyridine rings is 1. The van der Waals surface area contributed by atoms with E-state index in [1.54, 1.807) is 24.6 Å². The SMILES string of the molecule is CC(C)n1ncc2c(C(=O)NCc3cn4c(n3)CCCC4)cc(-c3ccco3)nc21. The first kappa shape index (κ1) is 18.6. The third-order valence-electron chi connectivity index (χ3n) is 5.46. The van der Waals surface area contributed by atoms with Gasteiger partial charge in [0.15, 0.2) is 11.4 Å². The van der Waals surface area contributed by atoms with E-state index >= 15 is 0 Å². The Balaban J connectivity index is 1.47. The maximum absolute atomic E-state index is 13.1. The van der Waals surface area contributed by atoms with E-state index in [0.717, 1.165) is 29.9 Å². The van der Waals surface area contributed by atoms with Crippen LogP contribution < -0.4 is 5.32 Å². The molecule has 0 bridgehead atoms. The summed E-state index contributed by atoms with van der Waals surface area (Å²) in [5.74, 6) is 1.55. The summed E-state index contributed by atoms with van der Waals surface area (Å²) in [5.41, 5.74) is 2.69. The summed E-state index contributed by atoms with van der Waals surface area (Å²) in [5, 5.41) is 8.19. The Kier molecular flexibility index (Phi) is 4.61. The molecule has 1 amide bonds. The Labute approximate surface area is 173 Å². The third kappa shape index (κ3) is 3.28. The number of hydrogen-bond donors (Lipinski definition) is 1. The van der Waals surface area contributed by atoms with Gasteiger partial charge in [0.25, 0.3) is 5.91 Å². The largest absolute Gasteiger partial charge is 0.463 e. The zero-order valence-corrected chi connectivity index (χ0v) is 17.1. The van der Waals surface area contributed by atoms with Gasteiger partial charge in [-0.05, 0) is 44.9 Å².